The van der Waals surface area contributed by atoms with E-state index in [-0.39, 0.29) is 5.88 Å². The second kappa shape index (κ2) is 4.06. The van der Waals surface area contributed by atoms with Crippen LogP contribution < -0.4 is 10.5 Å². The van der Waals surface area contributed by atoms with Crippen molar-refractivity contribution in [1.82, 2.24) is 5.16 Å². The Morgan fingerprint density at radius 1 is 1.38 bits per heavy atom. The van der Waals surface area contributed by atoms with Crippen molar-refractivity contribution in [2.24, 2.45) is 0 Å². The number of aryl methyl sites for hydroxylation is 1. The summed E-state index contributed by atoms with van der Waals surface area (Å²) in [4.78, 5) is 0. The minimum atomic E-state index is 0.259. The van der Waals surface area contributed by atoms with Gasteiger partial charge in [-0.25, -0.2) is 0 Å². The molecule has 2 N–H and O–H groups in total. The Hall–Kier alpha value is -1.68. The van der Waals surface area contributed by atoms with Crippen molar-refractivity contribution in [3.8, 4) is 17.0 Å². The van der Waals surface area contributed by atoms with E-state index in [1.165, 1.54) is 0 Å². The standard InChI is InChI=1S/C11H11ClN2O2/c1-6-3-7(9-5-10(13)16-14-9)11(15-2)8(12)4-6/h3-5H,13H2,1-2H3. The van der Waals surface area contributed by atoms with Gasteiger partial charge in [0, 0.05) is 11.6 Å². The van der Waals surface area contributed by atoms with E-state index in [1.807, 2.05) is 19.1 Å². The van der Waals surface area contributed by atoms with Crippen LogP contribution in [0, 0.1) is 6.92 Å². The average molecular weight is 239 g/mol. The lowest BCUT2D eigenvalue weighted by Gasteiger charge is -2.09. The zero-order valence-electron chi connectivity index (χ0n) is 8.95. The molecule has 4 nitrogen and oxygen atoms in total. The molecule has 0 unspecified atom stereocenters. The number of aromatic nitrogens is 1. The van der Waals surface area contributed by atoms with Gasteiger partial charge in [-0.1, -0.05) is 16.8 Å². The smallest absolute Gasteiger partial charge is 0.222 e. The third kappa shape index (κ3) is 1.84. The highest BCUT2D eigenvalue weighted by molar-refractivity contribution is 6.32. The predicted molar refractivity (Wildman–Crippen MR) is 62.7 cm³/mol. The molecule has 1 aromatic carbocycles. The molecule has 0 aliphatic carbocycles. The minimum Gasteiger partial charge on any atom is -0.494 e. The van der Waals surface area contributed by atoms with Crippen LogP contribution in [-0.4, -0.2) is 12.3 Å². The summed E-state index contributed by atoms with van der Waals surface area (Å²) in [6.45, 7) is 1.94. The van der Waals surface area contributed by atoms with E-state index >= 15 is 0 Å². The maximum absolute atomic E-state index is 6.08. The van der Waals surface area contributed by atoms with E-state index in [9.17, 15) is 0 Å². The van der Waals surface area contributed by atoms with E-state index in [4.69, 9.17) is 26.6 Å². The van der Waals surface area contributed by atoms with E-state index in [1.54, 1.807) is 13.2 Å². The first-order chi connectivity index (χ1) is 7.61. The molecule has 0 bridgehead atoms. The van der Waals surface area contributed by atoms with Crippen LogP contribution in [0.5, 0.6) is 5.75 Å². The molecule has 0 saturated heterocycles. The second-order valence-electron chi connectivity index (χ2n) is 3.44. The largest absolute Gasteiger partial charge is 0.494 e. The van der Waals surface area contributed by atoms with Crippen LogP contribution >= 0.6 is 11.6 Å². The van der Waals surface area contributed by atoms with Crippen molar-refractivity contribution in [3.05, 3.63) is 28.8 Å². The molecule has 0 fully saturated rings. The summed E-state index contributed by atoms with van der Waals surface area (Å²) in [6, 6.07) is 5.38. The monoisotopic (exact) mass is 238 g/mol. The van der Waals surface area contributed by atoms with Crippen LogP contribution in [0.25, 0.3) is 11.3 Å². The zero-order chi connectivity index (χ0) is 11.7. The zero-order valence-corrected chi connectivity index (χ0v) is 9.71. The number of nitrogens with zero attached hydrogens (tertiary/aromatic N) is 1. The number of methoxy groups -OCH3 is 1. The number of hydrogen-bond donors (Lipinski definition) is 1. The summed E-state index contributed by atoms with van der Waals surface area (Å²) in [5, 5.41) is 4.38. The van der Waals surface area contributed by atoms with Crippen LogP contribution in [0.1, 0.15) is 5.56 Å². The van der Waals surface area contributed by atoms with Gasteiger partial charge in [0.25, 0.3) is 0 Å². The summed E-state index contributed by atoms with van der Waals surface area (Å²) in [6.07, 6.45) is 0. The molecule has 1 heterocycles. The molecule has 0 aliphatic rings. The third-order valence-electron chi connectivity index (χ3n) is 2.20. The normalized spacial score (nSPS) is 10.4. The number of halogens is 1. The van der Waals surface area contributed by atoms with Crippen molar-refractivity contribution in [2.45, 2.75) is 6.92 Å². The number of nitrogen functional groups attached to an aromatic ring is 1. The number of benzene rings is 1. The summed E-state index contributed by atoms with van der Waals surface area (Å²) in [5.74, 6) is 0.829. The van der Waals surface area contributed by atoms with Crippen molar-refractivity contribution >= 4 is 17.5 Å². The maximum atomic E-state index is 6.08. The molecule has 84 valence electrons. The van der Waals surface area contributed by atoms with Crippen LogP contribution in [0.3, 0.4) is 0 Å². The SMILES string of the molecule is COc1c(Cl)cc(C)cc1-c1cc(N)on1. The lowest BCUT2D eigenvalue weighted by molar-refractivity contribution is 0.414. The highest BCUT2D eigenvalue weighted by Gasteiger charge is 2.14. The van der Waals surface area contributed by atoms with Crippen LogP contribution in [0.4, 0.5) is 5.88 Å². The number of anilines is 1. The summed E-state index contributed by atoms with van der Waals surface area (Å²) < 4.78 is 10.1. The second-order valence-corrected chi connectivity index (χ2v) is 3.85. The molecule has 0 spiro atoms. The van der Waals surface area contributed by atoms with Gasteiger partial charge in [-0.15, -0.1) is 0 Å². The first kappa shape index (κ1) is 10.8. The Morgan fingerprint density at radius 2 is 2.12 bits per heavy atom. The number of hydrogen-bond acceptors (Lipinski definition) is 4. The lowest BCUT2D eigenvalue weighted by atomic mass is 10.1. The number of nitrogens with two attached hydrogens (primary N) is 1. The van der Waals surface area contributed by atoms with Gasteiger partial charge in [0.15, 0.2) is 0 Å². The number of rotatable bonds is 2. The lowest BCUT2D eigenvalue weighted by Crippen LogP contribution is -1.90. The third-order valence-corrected chi connectivity index (χ3v) is 2.48. The minimum absolute atomic E-state index is 0.259. The van der Waals surface area contributed by atoms with Gasteiger partial charge in [0.05, 0.1) is 12.1 Å². The van der Waals surface area contributed by atoms with Gasteiger partial charge < -0.3 is 15.0 Å². The van der Waals surface area contributed by atoms with Gasteiger partial charge in [0.1, 0.15) is 11.4 Å². The quantitative estimate of drug-likeness (QED) is 0.874. The van der Waals surface area contributed by atoms with Crippen molar-refractivity contribution in [3.63, 3.8) is 0 Å². The molecular formula is C11H11ClN2O2. The van der Waals surface area contributed by atoms with E-state index < -0.39 is 0 Å². The Bertz CT molecular complexity index is 523. The van der Waals surface area contributed by atoms with Gasteiger partial charge in [-0.05, 0) is 24.6 Å². The Balaban J connectivity index is 2.63. The highest BCUT2D eigenvalue weighted by atomic mass is 35.5. The molecule has 2 rings (SSSR count). The molecule has 0 aliphatic heterocycles. The fraction of sp³-hybridized carbons (Fsp3) is 0.182. The molecular weight excluding hydrogens is 228 g/mol. The Morgan fingerprint density at radius 3 is 2.69 bits per heavy atom. The van der Waals surface area contributed by atoms with Crippen molar-refractivity contribution in [1.29, 1.82) is 0 Å². The van der Waals surface area contributed by atoms with E-state index in [2.05, 4.69) is 5.16 Å². The van der Waals surface area contributed by atoms with Gasteiger partial charge in [0.2, 0.25) is 5.88 Å². The van der Waals surface area contributed by atoms with Crippen LogP contribution in [0.2, 0.25) is 5.02 Å². The first-order valence-electron chi connectivity index (χ1n) is 4.68. The van der Waals surface area contributed by atoms with Crippen molar-refractivity contribution in [2.75, 3.05) is 12.8 Å². The van der Waals surface area contributed by atoms with Gasteiger partial charge in [-0.3, -0.25) is 0 Å². The van der Waals surface area contributed by atoms with Crippen molar-refractivity contribution < 1.29 is 9.26 Å². The summed E-state index contributed by atoms with van der Waals surface area (Å²) in [7, 11) is 1.56. The molecule has 1 aromatic heterocycles. The molecule has 2 aromatic rings. The molecule has 0 radical (unpaired) electrons. The van der Waals surface area contributed by atoms with Gasteiger partial charge >= 0.3 is 0 Å². The molecule has 0 atom stereocenters. The summed E-state index contributed by atoms with van der Waals surface area (Å²) in [5.41, 5.74) is 7.88. The maximum Gasteiger partial charge on any atom is 0.222 e. The van der Waals surface area contributed by atoms with Crippen LogP contribution in [-0.2, 0) is 0 Å². The molecule has 16 heavy (non-hydrogen) atoms. The topological polar surface area (TPSA) is 61.3 Å². The average Bonchev–Trinajstić information content (AvgIpc) is 2.63. The highest BCUT2D eigenvalue weighted by Crippen LogP contribution is 2.37. The van der Waals surface area contributed by atoms with Crippen LogP contribution in [0.15, 0.2) is 22.7 Å². The van der Waals surface area contributed by atoms with E-state index in [0.29, 0.717) is 16.5 Å². The predicted octanol–water partition coefficient (Wildman–Crippen LogP) is 2.89. The first-order valence-corrected chi connectivity index (χ1v) is 5.06. The Labute approximate surface area is 97.9 Å². The summed E-state index contributed by atoms with van der Waals surface area (Å²) >= 11 is 6.08. The molecule has 5 heteroatoms. The van der Waals surface area contributed by atoms with Gasteiger partial charge in [-0.2, -0.15) is 0 Å². The Kier molecular flexibility index (Phi) is 2.75. The molecule has 0 amide bonds. The van der Waals surface area contributed by atoms with E-state index in [0.717, 1.165) is 11.1 Å². The fourth-order valence-electron chi connectivity index (χ4n) is 1.54. The molecule has 0 saturated carbocycles. The fourth-order valence-corrected chi connectivity index (χ4v) is 1.89. The number of ether oxygens (including phenoxy) is 1.